The zero-order chi connectivity index (χ0) is 22.8. The van der Waals surface area contributed by atoms with Gasteiger partial charge in [-0.2, -0.15) is 4.99 Å². The number of pyridine rings is 1. The van der Waals surface area contributed by atoms with Crippen LogP contribution < -0.4 is 16.3 Å². The molecule has 1 aliphatic heterocycles. The molecule has 10 heteroatoms. The number of nitrogens with zero attached hydrogens (tertiary/aromatic N) is 4. The van der Waals surface area contributed by atoms with E-state index in [2.05, 4.69) is 9.98 Å². The first-order valence-electron chi connectivity index (χ1n) is 10.2. The maximum Gasteiger partial charge on any atom is 0.332 e. The topological polar surface area (TPSA) is 96.8 Å². The molecule has 8 nitrogen and oxygen atoms in total. The van der Waals surface area contributed by atoms with E-state index in [0.29, 0.717) is 12.1 Å². The molecule has 3 heterocycles. The van der Waals surface area contributed by atoms with E-state index in [-0.39, 0.29) is 48.8 Å². The maximum absolute atomic E-state index is 14.1. The van der Waals surface area contributed by atoms with Crippen LogP contribution in [0.25, 0.3) is 0 Å². The van der Waals surface area contributed by atoms with Crippen LogP contribution in [0.4, 0.5) is 20.3 Å². The van der Waals surface area contributed by atoms with E-state index < -0.39 is 27.9 Å². The molecule has 0 amide bonds. The number of halogens is 2. The Kier molecular flexibility index (Phi) is 6.06. The zero-order valence-corrected chi connectivity index (χ0v) is 17.3. The fraction of sp³-hybridized carbons (Fsp3) is 0.273. The van der Waals surface area contributed by atoms with Crippen LogP contribution >= 0.6 is 0 Å². The van der Waals surface area contributed by atoms with Crippen molar-refractivity contribution >= 4 is 17.3 Å². The van der Waals surface area contributed by atoms with Crippen molar-refractivity contribution in [3.8, 4) is 0 Å². The Bertz CT molecular complexity index is 1300. The number of aliphatic imine (C=N–C) groups is 1. The molecule has 1 aliphatic rings. The smallest absolute Gasteiger partial charge is 0.332 e. The lowest BCUT2D eigenvalue weighted by Crippen LogP contribution is -3.05. The van der Waals surface area contributed by atoms with Gasteiger partial charge < -0.3 is 5.21 Å². The first kappa shape index (κ1) is 21.7. The van der Waals surface area contributed by atoms with Crippen molar-refractivity contribution < 1.29 is 13.8 Å². The standard InChI is InChI=1S/C22H21F2N5O3/c1-2-10-28-21(30)19-20(26-18(29(19)32)13-16-5-3-4-9-25-16)27(22(28)31)11-8-14-6-7-15(23)12-17(14)24/h3-7,9,12,29H,2,8,10-11,13H2,1H3. The minimum atomic E-state index is -0.730. The van der Waals surface area contributed by atoms with Gasteiger partial charge in [-0.1, -0.05) is 19.1 Å². The maximum atomic E-state index is 14.1. The summed E-state index contributed by atoms with van der Waals surface area (Å²) < 4.78 is 29.5. The van der Waals surface area contributed by atoms with Crippen LogP contribution in [-0.4, -0.2) is 20.0 Å². The van der Waals surface area contributed by atoms with Crippen LogP contribution in [0.5, 0.6) is 0 Å². The van der Waals surface area contributed by atoms with Crippen LogP contribution in [0, 0.1) is 16.8 Å². The largest absolute Gasteiger partial charge is 0.622 e. The lowest BCUT2D eigenvalue weighted by atomic mass is 10.1. The molecule has 0 aliphatic carbocycles. The Morgan fingerprint density at radius 2 is 1.91 bits per heavy atom. The molecule has 0 bridgehead atoms. The molecular weight excluding hydrogens is 420 g/mol. The highest BCUT2D eigenvalue weighted by molar-refractivity contribution is 5.86. The van der Waals surface area contributed by atoms with Crippen molar-refractivity contribution in [3.05, 3.63) is 91.5 Å². The third kappa shape index (κ3) is 4.02. The molecule has 1 aromatic carbocycles. The van der Waals surface area contributed by atoms with Crippen molar-refractivity contribution in [2.45, 2.75) is 39.3 Å². The van der Waals surface area contributed by atoms with Gasteiger partial charge in [0.1, 0.15) is 11.6 Å². The van der Waals surface area contributed by atoms with Gasteiger partial charge in [0.15, 0.2) is 0 Å². The first-order valence-corrected chi connectivity index (χ1v) is 10.2. The van der Waals surface area contributed by atoms with E-state index in [1.165, 1.54) is 10.6 Å². The number of amidine groups is 1. The Morgan fingerprint density at radius 3 is 2.59 bits per heavy atom. The molecule has 0 fully saturated rings. The highest BCUT2D eigenvalue weighted by atomic mass is 19.1. The molecule has 1 N–H and O–H groups in total. The summed E-state index contributed by atoms with van der Waals surface area (Å²) in [5.41, 5.74) is -0.649. The Balaban J connectivity index is 1.76. The number of fused-ring (bicyclic) bond motifs is 1. The second-order valence-electron chi connectivity index (χ2n) is 7.46. The van der Waals surface area contributed by atoms with Gasteiger partial charge in [-0.3, -0.25) is 24.0 Å². The van der Waals surface area contributed by atoms with Crippen LogP contribution in [-0.2, 0) is 25.9 Å². The normalized spacial score (nSPS) is 15.0. The molecule has 1 unspecified atom stereocenters. The summed E-state index contributed by atoms with van der Waals surface area (Å²) in [5.74, 6) is -1.33. The molecule has 2 aromatic heterocycles. The third-order valence-corrected chi connectivity index (χ3v) is 5.27. The van der Waals surface area contributed by atoms with E-state index in [9.17, 15) is 23.6 Å². The fourth-order valence-corrected chi connectivity index (χ4v) is 3.70. The monoisotopic (exact) mass is 441 g/mol. The predicted octanol–water partition coefficient (Wildman–Crippen LogP) is 1.64. The van der Waals surface area contributed by atoms with Crippen LogP contribution in [0.3, 0.4) is 0 Å². The van der Waals surface area contributed by atoms with Crippen molar-refractivity contribution in [2.24, 2.45) is 4.99 Å². The van der Waals surface area contributed by atoms with Gasteiger partial charge in [0.25, 0.3) is 0 Å². The van der Waals surface area contributed by atoms with Gasteiger partial charge in [0, 0.05) is 25.4 Å². The van der Waals surface area contributed by atoms with Gasteiger partial charge in [-0.15, -0.1) is 0 Å². The number of rotatable bonds is 7. The van der Waals surface area contributed by atoms with E-state index >= 15 is 0 Å². The molecule has 166 valence electrons. The molecule has 0 saturated carbocycles. The van der Waals surface area contributed by atoms with Crippen molar-refractivity contribution in [2.75, 3.05) is 0 Å². The average molecular weight is 441 g/mol. The summed E-state index contributed by atoms with van der Waals surface area (Å²) in [7, 11) is 0. The lowest BCUT2D eigenvalue weighted by Gasteiger charge is -2.18. The quantitative estimate of drug-likeness (QED) is 0.564. The van der Waals surface area contributed by atoms with Crippen LogP contribution in [0.15, 0.2) is 57.2 Å². The number of aromatic nitrogens is 3. The van der Waals surface area contributed by atoms with E-state index in [1.54, 1.807) is 24.4 Å². The molecule has 1 atom stereocenters. The summed E-state index contributed by atoms with van der Waals surface area (Å²) in [4.78, 5) is 34.5. The van der Waals surface area contributed by atoms with Gasteiger partial charge in [-0.25, -0.2) is 13.6 Å². The van der Waals surface area contributed by atoms with Gasteiger partial charge in [0.05, 0.1) is 12.1 Å². The molecular formula is C22H21F2N5O3. The van der Waals surface area contributed by atoms with Crippen LogP contribution in [0.1, 0.15) is 24.6 Å². The molecule has 32 heavy (non-hydrogen) atoms. The van der Waals surface area contributed by atoms with Crippen molar-refractivity contribution in [1.29, 1.82) is 0 Å². The fourth-order valence-electron chi connectivity index (χ4n) is 3.70. The van der Waals surface area contributed by atoms with Crippen molar-refractivity contribution in [3.63, 3.8) is 0 Å². The number of hydrogen-bond acceptors (Lipinski definition) is 5. The summed E-state index contributed by atoms with van der Waals surface area (Å²) in [6.07, 6.45) is 2.27. The minimum Gasteiger partial charge on any atom is -0.622 e. The molecule has 0 saturated heterocycles. The molecule has 3 aromatic rings. The van der Waals surface area contributed by atoms with Gasteiger partial charge in [-0.05, 0) is 36.6 Å². The summed E-state index contributed by atoms with van der Waals surface area (Å²) in [6, 6.07) is 8.46. The number of benzene rings is 1. The number of aryl methyl sites for hydroxylation is 1. The zero-order valence-electron chi connectivity index (χ0n) is 17.3. The van der Waals surface area contributed by atoms with E-state index in [1.807, 2.05) is 6.92 Å². The SMILES string of the molecule is CCCn1c(=O)c2c(n(CCc3ccc(F)cc3F)c1=O)N=C(Cc1ccccn1)[NH+]2[O-]. The number of hydroxylamine groups is 1. The third-order valence-electron chi connectivity index (χ3n) is 5.27. The molecule has 0 spiro atoms. The first-order chi connectivity index (χ1) is 15.4. The Labute approximate surface area is 181 Å². The molecule has 4 rings (SSSR count). The van der Waals surface area contributed by atoms with Gasteiger partial charge >= 0.3 is 11.2 Å². The summed E-state index contributed by atoms with van der Waals surface area (Å²) >= 11 is 0. The summed E-state index contributed by atoms with van der Waals surface area (Å²) in [5, 5.41) is 12.5. The van der Waals surface area contributed by atoms with Crippen molar-refractivity contribution in [1.82, 2.24) is 14.1 Å². The Morgan fingerprint density at radius 1 is 1.09 bits per heavy atom. The number of nitrogens with one attached hydrogen (secondary N) is 1. The van der Waals surface area contributed by atoms with Crippen LogP contribution in [0.2, 0.25) is 0 Å². The van der Waals surface area contributed by atoms with E-state index in [0.717, 1.165) is 16.7 Å². The number of quaternary nitrogens is 1. The highest BCUT2D eigenvalue weighted by Crippen LogP contribution is 2.22. The predicted molar refractivity (Wildman–Crippen MR) is 114 cm³/mol. The number of hydrogen-bond donors (Lipinski definition) is 1. The second-order valence-corrected chi connectivity index (χ2v) is 7.46. The average Bonchev–Trinajstić information content (AvgIpc) is 3.09. The summed E-state index contributed by atoms with van der Waals surface area (Å²) in [6.45, 7) is 1.92. The lowest BCUT2D eigenvalue weighted by molar-refractivity contribution is -0.666. The molecule has 0 radical (unpaired) electrons. The second kappa shape index (κ2) is 8.93. The highest BCUT2D eigenvalue weighted by Gasteiger charge is 2.33. The van der Waals surface area contributed by atoms with E-state index in [4.69, 9.17) is 0 Å². The Hall–Kier alpha value is -3.50. The minimum absolute atomic E-state index is 0.0224. The van der Waals surface area contributed by atoms with Gasteiger partial charge in [0.2, 0.25) is 17.3 Å².